The van der Waals surface area contributed by atoms with E-state index in [9.17, 15) is 13.2 Å². The van der Waals surface area contributed by atoms with Crippen molar-refractivity contribution in [3.63, 3.8) is 0 Å². The van der Waals surface area contributed by atoms with Crippen LogP contribution in [0.2, 0.25) is 5.15 Å². The summed E-state index contributed by atoms with van der Waals surface area (Å²) >= 11 is 5.37. The fourth-order valence-electron chi connectivity index (χ4n) is 4.71. The van der Waals surface area contributed by atoms with Crippen molar-refractivity contribution >= 4 is 33.3 Å². The van der Waals surface area contributed by atoms with Crippen LogP contribution in [0.15, 0.2) is 59.9 Å². The SMILES string of the molecule is CCCCCCCCCCNCc1cncc(-c2ccc3c(c2)CCC(=O)N3C)c1.O=S(=O)(O)c1ccc(Cl)nc1. The molecule has 0 spiro atoms. The highest BCUT2D eigenvalue weighted by Crippen LogP contribution is 2.31. The van der Waals surface area contributed by atoms with Gasteiger partial charge in [-0.05, 0) is 66.4 Å². The molecule has 0 radical (unpaired) electrons. The maximum Gasteiger partial charge on any atom is 0.296 e. The molecule has 1 aliphatic rings. The zero-order chi connectivity index (χ0) is 29.7. The Balaban J connectivity index is 0.000000352. The van der Waals surface area contributed by atoms with E-state index in [1.54, 1.807) is 4.90 Å². The number of fused-ring (bicyclic) bond motifs is 1. The Morgan fingerprint density at radius 1 is 0.927 bits per heavy atom. The van der Waals surface area contributed by atoms with Gasteiger partial charge in [0.25, 0.3) is 10.1 Å². The molecule has 3 heterocycles. The minimum atomic E-state index is -4.14. The molecule has 10 heteroatoms. The summed E-state index contributed by atoms with van der Waals surface area (Å²) in [7, 11) is -2.28. The van der Waals surface area contributed by atoms with Crippen LogP contribution in [0, 0.1) is 0 Å². The van der Waals surface area contributed by atoms with Crippen molar-refractivity contribution < 1.29 is 17.8 Å². The van der Waals surface area contributed by atoms with Gasteiger partial charge in [0.2, 0.25) is 5.91 Å². The van der Waals surface area contributed by atoms with E-state index < -0.39 is 10.1 Å². The molecular weight excluding hydrogens is 560 g/mol. The van der Waals surface area contributed by atoms with E-state index in [0.29, 0.717) is 6.42 Å². The molecule has 0 aliphatic carbocycles. The van der Waals surface area contributed by atoms with Crippen LogP contribution < -0.4 is 10.2 Å². The van der Waals surface area contributed by atoms with Gasteiger partial charge in [0.1, 0.15) is 10.0 Å². The van der Waals surface area contributed by atoms with Gasteiger partial charge in [0.15, 0.2) is 0 Å². The number of benzene rings is 1. The molecule has 0 saturated heterocycles. The molecule has 3 aromatic rings. The number of aromatic nitrogens is 2. The predicted octanol–water partition coefficient (Wildman–Crippen LogP) is 6.87. The first-order valence-corrected chi connectivity index (χ1v) is 16.1. The maximum absolute atomic E-state index is 11.9. The zero-order valence-corrected chi connectivity index (χ0v) is 25.6. The highest BCUT2D eigenvalue weighted by molar-refractivity contribution is 7.85. The molecule has 0 unspecified atom stereocenters. The molecule has 0 fully saturated rings. The molecule has 0 bridgehead atoms. The number of anilines is 1. The Morgan fingerprint density at radius 2 is 1.66 bits per heavy atom. The molecule has 2 N–H and O–H groups in total. The summed E-state index contributed by atoms with van der Waals surface area (Å²) in [5, 5.41) is 3.75. The van der Waals surface area contributed by atoms with Crippen LogP contribution in [-0.4, -0.2) is 42.4 Å². The average molecular weight is 601 g/mol. The highest BCUT2D eigenvalue weighted by Gasteiger charge is 2.21. The fourth-order valence-corrected chi connectivity index (χ4v) is 5.25. The van der Waals surface area contributed by atoms with Crippen LogP contribution in [0.25, 0.3) is 11.1 Å². The number of carbonyl (C=O) groups excluding carboxylic acids is 1. The molecule has 1 aliphatic heterocycles. The van der Waals surface area contributed by atoms with Gasteiger partial charge in [-0.2, -0.15) is 8.42 Å². The van der Waals surface area contributed by atoms with E-state index in [4.69, 9.17) is 16.2 Å². The molecule has 41 heavy (non-hydrogen) atoms. The molecular formula is C31H41ClN4O4S. The van der Waals surface area contributed by atoms with Gasteiger partial charge in [-0.3, -0.25) is 14.3 Å². The van der Waals surface area contributed by atoms with Crippen LogP contribution >= 0.6 is 11.6 Å². The second kappa shape index (κ2) is 16.6. The lowest BCUT2D eigenvalue weighted by Crippen LogP contribution is -2.30. The lowest BCUT2D eigenvalue weighted by molar-refractivity contribution is -0.118. The van der Waals surface area contributed by atoms with Crippen molar-refractivity contribution in [3.8, 4) is 11.1 Å². The van der Waals surface area contributed by atoms with Gasteiger partial charge in [0, 0.05) is 49.9 Å². The topological polar surface area (TPSA) is 112 Å². The molecule has 1 amide bonds. The normalized spacial score (nSPS) is 13.0. The molecule has 8 nitrogen and oxygen atoms in total. The second-order valence-electron chi connectivity index (χ2n) is 10.3. The fraction of sp³-hybridized carbons (Fsp3) is 0.452. The van der Waals surface area contributed by atoms with E-state index in [1.807, 2.05) is 19.4 Å². The number of hydrogen-bond donors (Lipinski definition) is 2. The molecule has 4 rings (SSSR count). The first-order valence-electron chi connectivity index (χ1n) is 14.3. The second-order valence-corrected chi connectivity index (χ2v) is 12.1. The molecule has 222 valence electrons. The summed E-state index contributed by atoms with van der Waals surface area (Å²) in [6.45, 7) is 4.20. The van der Waals surface area contributed by atoms with Crippen LogP contribution in [0.5, 0.6) is 0 Å². The van der Waals surface area contributed by atoms with Crippen molar-refractivity contribution in [2.24, 2.45) is 0 Å². The van der Waals surface area contributed by atoms with Crippen LogP contribution in [0.1, 0.15) is 75.8 Å². The van der Waals surface area contributed by atoms with Crippen LogP contribution in [0.4, 0.5) is 5.69 Å². The number of hydrogen-bond acceptors (Lipinski definition) is 6. The van der Waals surface area contributed by atoms with Crippen molar-refractivity contribution in [2.75, 3.05) is 18.5 Å². The number of halogens is 1. The van der Waals surface area contributed by atoms with E-state index in [0.717, 1.165) is 37.0 Å². The van der Waals surface area contributed by atoms with Gasteiger partial charge in [-0.25, -0.2) is 4.98 Å². The minimum absolute atomic E-state index is 0.178. The Hall–Kier alpha value is -2.85. The number of nitrogens with one attached hydrogen (secondary N) is 1. The Kier molecular flexibility index (Phi) is 13.2. The third-order valence-corrected chi connectivity index (χ3v) is 8.15. The lowest BCUT2D eigenvalue weighted by Gasteiger charge is -2.26. The smallest absolute Gasteiger partial charge is 0.296 e. The van der Waals surface area contributed by atoms with E-state index in [-0.39, 0.29) is 16.0 Å². The summed E-state index contributed by atoms with van der Waals surface area (Å²) in [4.78, 5) is 21.3. The first kappa shape index (κ1) is 32.7. The van der Waals surface area contributed by atoms with E-state index >= 15 is 0 Å². The summed E-state index contributed by atoms with van der Waals surface area (Å²) in [6, 6.07) is 11.1. The van der Waals surface area contributed by atoms with Gasteiger partial charge in [-0.15, -0.1) is 0 Å². The number of amides is 1. The number of unbranched alkanes of at least 4 members (excludes halogenated alkanes) is 7. The van der Waals surface area contributed by atoms with Crippen molar-refractivity contribution in [2.45, 2.75) is 82.6 Å². The van der Waals surface area contributed by atoms with Gasteiger partial charge in [0.05, 0.1) is 0 Å². The Labute approximate surface area is 249 Å². The van der Waals surface area contributed by atoms with Crippen molar-refractivity contribution in [1.82, 2.24) is 15.3 Å². The summed E-state index contributed by atoms with van der Waals surface area (Å²) in [6.07, 6.45) is 17.1. The molecule has 2 aromatic heterocycles. The highest BCUT2D eigenvalue weighted by atomic mass is 35.5. The van der Waals surface area contributed by atoms with E-state index in [2.05, 4.69) is 46.5 Å². The van der Waals surface area contributed by atoms with Crippen molar-refractivity contribution in [3.05, 3.63) is 71.3 Å². The van der Waals surface area contributed by atoms with E-state index in [1.165, 1.54) is 80.2 Å². The lowest BCUT2D eigenvalue weighted by atomic mass is 9.96. The summed E-state index contributed by atoms with van der Waals surface area (Å²) in [5.41, 5.74) is 5.81. The third kappa shape index (κ3) is 10.8. The Bertz CT molecular complexity index is 1370. The number of aryl methyl sites for hydroxylation is 1. The number of rotatable bonds is 13. The van der Waals surface area contributed by atoms with Gasteiger partial charge < -0.3 is 10.2 Å². The van der Waals surface area contributed by atoms with Crippen LogP contribution in [-0.2, 0) is 27.9 Å². The Morgan fingerprint density at radius 3 is 2.34 bits per heavy atom. The molecule has 0 atom stereocenters. The third-order valence-electron chi connectivity index (χ3n) is 7.09. The molecule has 1 aromatic carbocycles. The predicted molar refractivity (Wildman–Crippen MR) is 165 cm³/mol. The zero-order valence-electron chi connectivity index (χ0n) is 24.0. The quantitative estimate of drug-likeness (QED) is 0.125. The number of carbonyl (C=O) groups is 1. The molecule has 0 saturated carbocycles. The first-order chi connectivity index (χ1) is 19.7. The summed E-state index contributed by atoms with van der Waals surface area (Å²) in [5.74, 6) is 0.196. The maximum atomic E-state index is 11.9. The minimum Gasteiger partial charge on any atom is -0.315 e. The summed E-state index contributed by atoms with van der Waals surface area (Å²) < 4.78 is 29.3. The van der Waals surface area contributed by atoms with Crippen LogP contribution in [0.3, 0.4) is 0 Å². The monoisotopic (exact) mass is 600 g/mol. The number of nitrogens with zero attached hydrogens (tertiary/aromatic N) is 3. The average Bonchev–Trinajstić information content (AvgIpc) is 2.96. The van der Waals surface area contributed by atoms with Gasteiger partial charge >= 0.3 is 0 Å². The van der Waals surface area contributed by atoms with Gasteiger partial charge in [-0.1, -0.05) is 69.5 Å². The van der Waals surface area contributed by atoms with Crippen molar-refractivity contribution in [1.29, 1.82) is 0 Å². The number of pyridine rings is 2. The largest absolute Gasteiger partial charge is 0.315 e. The standard InChI is InChI=1S/C26H37N3O.C5H4ClNO3S/c1-3-4-5-6-7-8-9-10-15-27-18-21-16-24(20-28-19-21)22-11-13-25-23(17-22)12-14-26(30)29(25)2;6-5-2-1-4(3-7-5)11(8,9)10/h11,13,16-17,19-20,27H,3-10,12,14-15,18H2,1-2H3;1-3H,(H,8,9,10).